The molecule has 8 heteroatoms. The third-order valence-corrected chi connectivity index (χ3v) is 5.66. The normalized spacial score (nSPS) is 17.3. The van der Waals surface area contributed by atoms with Gasteiger partial charge in [0.25, 0.3) is 5.56 Å². The fourth-order valence-corrected chi connectivity index (χ4v) is 4.04. The summed E-state index contributed by atoms with van der Waals surface area (Å²) in [6, 6.07) is 6.02. The summed E-state index contributed by atoms with van der Waals surface area (Å²) >= 11 is 6.18. The van der Waals surface area contributed by atoms with Gasteiger partial charge in [-0.25, -0.2) is 4.68 Å². The lowest BCUT2D eigenvalue weighted by atomic mass is 10.1. The number of aryl methyl sites for hydroxylation is 1. The summed E-state index contributed by atoms with van der Waals surface area (Å²) in [4.78, 5) is 22.3. The minimum atomic E-state index is -0.249. The molecule has 0 bridgehead atoms. The molecule has 0 aliphatic carbocycles. The predicted molar refractivity (Wildman–Crippen MR) is 118 cm³/mol. The van der Waals surface area contributed by atoms with Gasteiger partial charge in [-0.05, 0) is 57.7 Å². The number of aromatic nitrogens is 4. The van der Waals surface area contributed by atoms with Crippen molar-refractivity contribution in [3.05, 3.63) is 45.3 Å². The number of nitrogens with one attached hydrogen (secondary N) is 2. The summed E-state index contributed by atoms with van der Waals surface area (Å²) in [6.45, 7) is 10.9. The van der Waals surface area contributed by atoms with E-state index in [0.717, 1.165) is 31.1 Å². The summed E-state index contributed by atoms with van der Waals surface area (Å²) in [5.74, 6) is 0.952. The first-order valence-corrected chi connectivity index (χ1v) is 10.3. The Bertz CT molecular complexity index is 1100. The van der Waals surface area contributed by atoms with Gasteiger partial charge in [0.2, 0.25) is 5.95 Å². The number of H-pyrrole nitrogens is 1. The van der Waals surface area contributed by atoms with Crippen molar-refractivity contribution in [1.29, 1.82) is 0 Å². The van der Waals surface area contributed by atoms with Crippen LogP contribution >= 0.6 is 11.6 Å². The van der Waals surface area contributed by atoms with E-state index in [1.807, 2.05) is 32.9 Å². The second kappa shape index (κ2) is 7.37. The predicted octanol–water partition coefficient (Wildman–Crippen LogP) is 3.77. The Labute approximate surface area is 175 Å². The molecule has 7 nitrogen and oxygen atoms in total. The van der Waals surface area contributed by atoms with E-state index < -0.39 is 0 Å². The van der Waals surface area contributed by atoms with Crippen molar-refractivity contribution in [1.82, 2.24) is 19.7 Å². The Morgan fingerprint density at radius 3 is 2.90 bits per heavy atom. The summed E-state index contributed by atoms with van der Waals surface area (Å²) in [5, 5.41) is 8.95. The van der Waals surface area contributed by atoms with Crippen LogP contribution < -0.4 is 15.8 Å². The van der Waals surface area contributed by atoms with Crippen molar-refractivity contribution in [2.45, 2.75) is 39.7 Å². The zero-order valence-electron chi connectivity index (χ0n) is 17.3. The topological polar surface area (TPSA) is 78.8 Å². The lowest BCUT2D eigenvalue weighted by Crippen LogP contribution is -2.25. The number of hydrogen-bond donors (Lipinski definition) is 2. The van der Waals surface area contributed by atoms with E-state index in [1.165, 1.54) is 11.3 Å². The molecular weight excluding hydrogens is 388 g/mol. The third kappa shape index (κ3) is 3.96. The molecule has 2 N–H and O–H groups in total. The number of benzene rings is 1. The standard InChI is InChI=1S/C21H27ClN6O/c1-13-5-6-15(22)9-17(13)27-8-7-14(12-27)10-23-20-25-18-16(19(29)26-20)11-24-28(18)21(2,3)4/h5-6,9,11,14H,7-8,10,12H2,1-4H3,(H2,23,25,26,29). The first-order chi connectivity index (χ1) is 13.7. The zero-order valence-corrected chi connectivity index (χ0v) is 18.0. The maximum absolute atomic E-state index is 12.4. The Morgan fingerprint density at radius 2 is 2.14 bits per heavy atom. The maximum atomic E-state index is 12.4. The van der Waals surface area contributed by atoms with E-state index in [2.05, 4.69) is 38.3 Å². The molecule has 1 unspecified atom stereocenters. The van der Waals surface area contributed by atoms with Gasteiger partial charge in [0, 0.05) is 30.3 Å². The van der Waals surface area contributed by atoms with Gasteiger partial charge in [0.1, 0.15) is 5.39 Å². The van der Waals surface area contributed by atoms with Crippen molar-refractivity contribution in [3.63, 3.8) is 0 Å². The quantitative estimate of drug-likeness (QED) is 0.679. The van der Waals surface area contributed by atoms with Crippen molar-refractivity contribution in [2.24, 2.45) is 5.92 Å². The van der Waals surface area contributed by atoms with E-state index in [4.69, 9.17) is 11.6 Å². The molecule has 1 aromatic carbocycles. The average molecular weight is 415 g/mol. The maximum Gasteiger partial charge on any atom is 0.263 e. The number of nitrogens with zero attached hydrogens (tertiary/aromatic N) is 4. The van der Waals surface area contributed by atoms with Crippen LogP contribution in [0.2, 0.25) is 5.02 Å². The second-order valence-electron chi connectivity index (χ2n) is 8.79. The Balaban J connectivity index is 1.48. The number of hydrogen-bond acceptors (Lipinski definition) is 5. The highest BCUT2D eigenvalue weighted by Crippen LogP contribution is 2.29. The molecule has 3 aromatic rings. The summed E-state index contributed by atoms with van der Waals surface area (Å²) in [5.41, 5.74) is 2.61. The van der Waals surface area contributed by atoms with Gasteiger partial charge in [-0.3, -0.25) is 9.78 Å². The average Bonchev–Trinajstić information content (AvgIpc) is 3.29. The highest BCUT2D eigenvalue weighted by Gasteiger charge is 2.24. The molecule has 4 rings (SSSR count). The van der Waals surface area contributed by atoms with Crippen LogP contribution in [0.15, 0.2) is 29.2 Å². The summed E-state index contributed by atoms with van der Waals surface area (Å²) in [7, 11) is 0. The highest BCUT2D eigenvalue weighted by molar-refractivity contribution is 6.30. The van der Waals surface area contributed by atoms with Crippen LogP contribution in [-0.2, 0) is 5.54 Å². The Hall–Kier alpha value is -2.54. The van der Waals surface area contributed by atoms with Crippen LogP contribution in [0.4, 0.5) is 11.6 Å². The molecule has 2 aromatic heterocycles. The molecular formula is C21H27ClN6O. The Kier molecular flexibility index (Phi) is 5.02. The van der Waals surface area contributed by atoms with Gasteiger partial charge in [-0.15, -0.1) is 0 Å². The number of rotatable bonds is 4. The molecule has 1 saturated heterocycles. The van der Waals surface area contributed by atoms with E-state index in [1.54, 1.807) is 10.9 Å². The van der Waals surface area contributed by atoms with Crippen LogP contribution in [0.3, 0.4) is 0 Å². The summed E-state index contributed by atoms with van der Waals surface area (Å²) in [6.07, 6.45) is 2.66. The summed E-state index contributed by atoms with van der Waals surface area (Å²) < 4.78 is 1.79. The van der Waals surface area contributed by atoms with Crippen molar-refractivity contribution < 1.29 is 0 Å². The lowest BCUT2D eigenvalue weighted by molar-refractivity contribution is 0.366. The zero-order chi connectivity index (χ0) is 20.8. The fraction of sp³-hybridized carbons (Fsp3) is 0.476. The van der Waals surface area contributed by atoms with Crippen LogP contribution in [-0.4, -0.2) is 39.4 Å². The third-order valence-electron chi connectivity index (χ3n) is 5.43. The fourth-order valence-electron chi connectivity index (χ4n) is 3.88. The van der Waals surface area contributed by atoms with Crippen molar-refractivity contribution >= 4 is 34.3 Å². The minimum Gasteiger partial charge on any atom is -0.371 e. The van der Waals surface area contributed by atoms with Gasteiger partial charge < -0.3 is 10.2 Å². The molecule has 0 amide bonds. The molecule has 29 heavy (non-hydrogen) atoms. The van der Waals surface area contributed by atoms with Crippen LogP contribution in [0, 0.1) is 12.8 Å². The first-order valence-electron chi connectivity index (χ1n) is 9.96. The van der Waals surface area contributed by atoms with E-state index >= 15 is 0 Å². The number of halogens is 1. The van der Waals surface area contributed by atoms with Gasteiger partial charge in [-0.2, -0.15) is 10.1 Å². The van der Waals surface area contributed by atoms with Crippen LogP contribution in [0.5, 0.6) is 0 Å². The molecule has 3 heterocycles. The van der Waals surface area contributed by atoms with E-state index in [0.29, 0.717) is 22.9 Å². The van der Waals surface area contributed by atoms with E-state index in [-0.39, 0.29) is 11.1 Å². The van der Waals surface area contributed by atoms with Gasteiger partial charge in [0.15, 0.2) is 5.65 Å². The number of fused-ring (bicyclic) bond motifs is 1. The molecule has 1 aliphatic heterocycles. The van der Waals surface area contributed by atoms with Crippen LogP contribution in [0.1, 0.15) is 32.8 Å². The monoisotopic (exact) mass is 414 g/mol. The SMILES string of the molecule is Cc1ccc(Cl)cc1N1CCC(CNc2nc3c(cnn3C(C)(C)C)c(=O)[nH]2)C1. The number of anilines is 2. The van der Waals surface area contributed by atoms with Gasteiger partial charge in [-0.1, -0.05) is 17.7 Å². The highest BCUT2D eigenvalue weighted by atomic mass is 35.5. The van der Waals surface area contributed by atoms with E-state index in [9.17, 15) is 4.79 Å². The van der Waals surface area contributed by atoms with Gasteiger partial charge in [0.05, 0.1) is 11.7 Å². The smallest absolute Gasteiger partial charge is 0.263 e. The molecule has 154 valence electrons. The van der Waals surface area contributed by atoms with Gasteiger partial charge >= 0.3 is 0 Å². The molecule has 0 radical (unpaired) electrons. The van der Waals surface area contributed by atoms with Crippen molar-refractivity contribution in [3.8, 4) is 0 Å². The molecule has 0 spiro atoms. The van der Waals surface area contributed by atoms with Crippen molar-refractivity contribution in [2.75, 3.05) is 29.9 Å². The molecule has 1 atom stereocenters. The molecule has 1 fully saturated rings. The number of aromatic amines is 1. The largest absolute Gasteiger partial charge is 0.371 e. The molecule has 1 aliphatic rings. The first kappa shape index (κ1) is 19.8. The van der Waals surface area contributed by atoms with Crippen LogP contribution in [0.25, 0.3) is 11.0 Å². The Morgan fingerprint density at radius 1 is 1.34 bits per heavy atom. The molecule has 0 saturated carbocycles. The lowest BCUT2D eigenvalue weighted by Gasteiger charge is -2.21. The second-order valence-corrected chi connectivity index (χ2v) is 9.23. The minimum absolute atomic E-state index is 0.171.